The molecule has 23 heavy (non-hydrogen) atoms. The first-order chi connectivity index (χ1) is 10.9. The van der Waals surface area contributed by atoms with Crippen LogP contribution in [0, 0.1) is 6.92 Å². The van der Waals surface area contributed by atoms with Crippen LogP contribution in [0.2, 0.25) is 0 Å². The van der Waals surface area contributed by atoms with E-state index in [9.17, 15) is 9.59 Å². The lowest BCUT2D eigenvalue weighted by Gasteiger charge is -2.36. The van der Waals surface area contributed by atoms with Crippen molar-refractivity contribution in [3.63, 3.8) is 0 Å². The van der Waals surface area contributed by atoms with Crippen molar-refractivity contribution in [3.05, 3.63) is 16.6 Å². The molecule has 1 aliphatic rings. The van der Waals surface area contributed by atoms with Gasteiger partial charge in [-0.25, -0.2) is 0 Å². The zero-order valence-electron chi connectivity index (χ0n) is 13.1. The molecule has 1 fully saturated rings. The minimum Gasteiger partial charge on any atom is -0.481 e. The highest BCUT2D eigenvalue weighted by Crippen LogP contribution is 2.30. The minimum absolute atomic E-state index is 0.0897. The quantitative estimate of drug-likeness (QED) is 0.886. The van der Waals surface area contributed by atoms with Crippen LogP contribution in [0.15, 0.2) is 6.07 Å². The summed E-state index contributed by atoms with van der Waals surface area (Å²) in [6, 6.07) is 1.82. The lowest BCUT2D eigenvalue weighted by molar-refractivity contribution is -0.139. The summed E-state index contributed by atoms with van der Waals surface area (Å²) in [5, 5.41) is 17.4. The number of aliphatic carboxylic acids is 1. The molecule has 7 nitrogen and oxygen atoms in total. The summed E-state index contributed by atoms with van der Waals surface area (Å²) in [7, 11) is 1.85. The molecular weight excluding hydrogens is 318 g/mol. The van der Waals surface area contributed by atoms with Crippen molar-refractivity contribution in [2.24, 2.45) is 7.05 Å². The summed E-state index contributed by atoms with van der Waals surface area (Å²) in [5.41, 5.74) is 0.147. The second-order valence-corrected chi connectivity index (χ2v) is 6.99. The normalized spacial score (nSPS) is 17.3. The molecule has 0 bridgehead atoms. The van der Waals surface area contributed by atoms with Crippen LogP contribution < -0.4 is 5.32 Å². The van der Waals surface area contributed by atoms with Crippen molar-refractivity contribution in [1.82, 2.24) is 15.1 Å². The highest BCUT2D eigenvalue weighted by atomic mass is 32.1. The van der Waals surface area contributed by atoms with E-state index < -0.39 is 11.5 Å². The maximum absolute atomic E-state index is 12.6. The van der Waals surface area contributed by atoms with Crippen molar-refractivity contribution in [2.45, 2.75) is 31.7 Å². The number of aromatic nitrogens is 2. The van der Waals surface area contributed by atoms with Gasteiger partial charge in [0.25, 0.3) is 5.91 Å². The molecule has 0 saturated carbocycles. The average Bonchev–Trinajstić information content (AvgIpc) is 3.01. The molecule has 3 rings (SSSR count). The Kier molecular flexibility index (Phi) is 4.11. The number of ether oxygens (including phenoxy) is 1. The molecule has 2 aromatic rings. The van der Waals surface area contributed by atoms with Crippen molar-refractivity contribution in [1.29, 1.82) is 0 Å². The summed E-state index contributed by atoms with van der Waals surface area (Å²) >= 11 is 1.37. The number of hydrogen-bond acceptors (Lipinski definition) is 5. The maximum Gasteiger partial charge on any atom is 0.305 e. The summed E-state index contributed by atoms with van der Waals surface area (Å²) in [4.78, 5) is 25.3. The van der Waals surface area contributed by atoms with Crippen LogP contribution in [0.1, 0.15) is 34.6 Å². The number of amides is 1. The lowest BCUT2D eigenvalue weighted by atomic mass is 9.86. The first-order valence-corrected chi connectivity index (χ1v) is 8.27. The number of hydrogen-bond donors (Lipinski definition) is 2. The number of nitrogens with zero attached hydrogens (tertiary/aromatic N) is 2. The van der Waals surface area contributed by atoms with Gasteiger partial charge in [0.05, 0.1) is 22.5 Å². The molecule has 1 saturated heterocycles. The minimum atomic E-state index is -0.913. The number of rotatable bonds is 4. The van der Waals surface area contributed by atoms with Crippen molar-refractivity contribution in [3.8, 4) is 0 Å². The number of fused-ring (bicyclic) bond motifs is 1. The van der Waals surface area contributed by atoms with Gasteiger partial charge in [-0.15, -0.1) is 11.3 Å². The van der Waals surface area contributed by atoms with E-state index in [0.717, 1.165) is 15.9 Å². The van der Waals surface area contributed by atoms with Crippen molar-refractivity contribution in [2.75, 3.05) is 13.2 Å². The first-order valence-electron chi connectivity index (χ1n) is 7.45. The second kappa shape index (κ2) is 5.93. The molecule has 0 aliphatic carbocycles. The van der Waals surface area contributed by atoms with E-state index in [4.69, 9.17) is 9.84 Å². The Morgan fingerprint density at radius 3 is 2.78 bits per heavy atom. The van der Waals surface area contributed by atoms with Crippen LogP contribution in [0.4, 0.5) is 0 Å². The molecule has 0 radical (unpaired) electrons. The van der Waals surface area contributed by atoms with Gasteiger partial charge in [-0.05, 0) is 25.8 Å². The van der Waals surface area contributed by atoms with Crippen molar-refractivity contribution < 1.29 is 19.4 Å². The molecule has 0 aromatic carbocycles. The molecule has 1 aliphatic heterocycles. The third-order valence-electron chi connectivity index (χ3n) is 4.24. The second-order valence-electron chi connectivity index (χ2n) is 5.96. The van der Waals surface area contributed by atoms with Gasteiger partial charge in [-0.3, -0.25) is 14.3 Å². The van der Waals surface area contributed by atoms with Gasteiger partial charge in [0, 0.05) is 25.6 Å². The molecule has 0 atom stereocenters. The average molecular weight is 337 g/mol. The molecule has 8 heteroatoms. The Bertz CT molecular complexity index is 724. The van der Waals surface area contributed by atoms with Gasteiger partial charge in [0.1, 0.15) is 4.83 Å². The van der Waals surface area contributed by atoms with Crippen LogP contribution in [-0.4, -0.2) is 45.5 Å². The van der Waals surface area contributed by atoms with E-state index in [0.29, 0.717) is 30.9 Å². The third-order valence-corrected chi connectivity index (χ3v) is 5.44. The topological polar surface area (TPSA) is 93.5 Å². The summed E-state index contributed by atoms with van der Waals surface area (Å²) in [5.74, 6) is -1.14. The standard InChI is InChI=1S/C15H19N3O4S/c1-9-10-7-11(23-14(10)18(2)17-9)13(21)16-15(8-12(19)20)3-5-22-6-4-15/h7H,3-6,8H2,1-2H3,(H,16,21)(H,19,20). The molecule has 0 spiro atoms. The lowest BCUT2D eigenvalue weighted by Crippen LogP contribution is -2.53. The SMILES string of the molecule is Cc1nn(C)c2sc(C(=O)NC3(CC(=O)O)CCOCC3)cc12. The van der Waals surface area contributed by atoms with Gasteiger partial charge in [-0.2, -0.15) is 5.10 Å². The van der Waals surface area contributed by atoms with Crippen LogP contribution in [0.25, 0.3) is 10.2 Å². The van der Waals surface area contributed by atoms with Crippen LogP contribution in [0.3, 0.4) is 0 Å². The number of carboxylic acid groups (broad SMARTS) is 1. The summed E-state index contributed by atoms with van der Waals surface area (Å²) in [6.07, 6.45) is 0.931. The number of nitrogens with one attached hydrogen (secondary N) is 1. The molecule has 0 unspecified atom stereocenters. The highest BCUT2D eigenvalue weighted by molar-refractivity contribution is 7.20. The highest BCUT2D eigenvalue weighted by Gasteiger charge is 2.37. The van der Waals surface area contributed by atoms with Gasteiger partial charge in [0.15, 0.2) is 0 Å². The fourth-order valence-electron chi connectivity index (χ4n) is 3.02. The predicted molar refractivity (Wildman–Crippen MR) is 85.8 cm³/mol. The van der Waals surface area contributed by atoms with Gasteiger partial charge in [0.2, 0.25) is 0 Å². The largest absolute Gasteiger partial charge is 0.481 e. The summed E-state index contributed by atoms with van der Waals surface area (Å²) in [6.45, 7) is 2.83. The number of carboxylic acids is 1. The zero-order chi connectivity index (χ0) is 16.6. The van der Waals surface area contributed by atoms with Crippen LogP contribution in [-0.2, 0) is 16.6 Å². The molecular formula is C15H19N3O4S. The molecule has 2 aromatic heterocycles. The van der Waals surface area contributed by atoms with Crippen LogP contribution >= 0.6 is 11.3 Å². The number of aryl methyl sites for hydroxylation is 2. The molecule has 3 heterocycles. The van der Waals surface area contributed by atoms with Crippen LogP contribution in [0.5, 0.6) is 0 Å². The zero-order valence-corrected chi connectivity index (χ0v) is 13.9. The first kappa shape index (κ1) is 15.9. The number of carbonyl (C=O) groups excluding carboxylic acids is 1. The maximum atomic E-state index is 12.6. The Morgan fingerprint density at radius 2 is 2.17 bits per heavy atom. The Hall–Kier alpha value is -1.93. The van der Waals surface area contributed by atoms with E-state index in [1.807, 2.05) is 20.0 Å². The Morgan fingerprint density at radius 1 is 1.48 bits per heavy atom. The monoisotopic (exact) mass is 337 g/mol. The van der Waals surface area contributed by atoms with Gasteiger partial charge < -0.3 is 15.2 Å². The smallest absolute Gasteiger partial charge is 0.305 e. The Balaban J connectivity index is 1.85. The third kappa shape index (κ3) is 3.09. The van der Waals surface area contributed by atoms with Gasteiger partial charge >= 0.3 is 5.97 Å². The molecule has 124 valence electrons. The number of thiophene rings is 1. The van der Waals surface area contributed by atoms with E-state index >= 15 is 0 Å². The van der Waals surface area contributed by atoms with Gasteiger partial charge in [-0.1, -0.05) is 0 Å². The summed E-state index contributed by atoms with van der Waals surface area (Å²) < 4.78 is 7.06. The molecule has 1 amide bonds. The fraction of sp³-hybridized carbons (Fsp3) is 0.533. The van der Waals surface area contributed by atoms with E-state index in [2.05, 4.69) is 10.4 Å². The Labute approximate surface area is 137 Å². The van der Waals surface area contributed by atoms with E-state index in [1.54, 1.807) is 4.68 Å². The predicted octanol–water partition coefficient (Wildman–Crippen LogP) is 1.70. The van der Waals surface area contributed by atoms with E-state index in [1.165, 1.54) is 11.3 Å². The van der Waals surface area contributed by atoms with Crippen molar-refractivity contribution >= 4 is 33.4 Å². The van der Waals surface area contributed by atoms with E-state index in [-0.39, 0.29) is 12.3 Å². The molecule has 2 N–H and O–H groups in total. The number of carbonyl (C=O) groups is 2. The fourth-order valence-corrected chi connectivity index (χ4v) is 4.04.